The molecule has 0 fully saturated rings. The number of nitrogens with one attached hydrogen (secondary N) is 1. The fourth-order valence-electron chi connectivity index (χ4n) is 3.68. The summed E-state index contributed by atoms with van der Waals surface area (Å²) in [5, 5.41) is 11.4. The molecular formula is C22H24N6O2. The fraction of sp³-hybridized carbons (Fsp3) is 0.318. The largest absolute Gasteiger partial charge is 0.345 e. The third-order valence-corrected chi connectivity index (χ3v) is 5.10. The number of carbonyl (C=O) groups is 1. The second kappa shape index (κ2) is 8.06. The van der Waals surface area contributed by atoms with Gasteiger partial charge < -0.3 is 9.88 Å². The van der Waals surface area contributed by atoms with Crippen molar-refractivity contribution in [3.63, 3.8) is 0 Å². The van der Waals surface area contributed by atoms with Gasteiger partial charge in [-0.3, -0.25) is 9.59 Å². The lowest BCUT2D eigenvalue weighted by molar-refractivity contribution is -0.122. The van der Waals surface area contributed by atoms with Crippen LogP contribution in [-0.2, 0) is 18.4 Å². The smallest absolute Gasteiger partial charge is 0.278 e. The van der Waals surface area contributed by atoms with Gasteiger partial charge in [-0.1, -0.05) is 43.3 Å². The molecule has 1 atom stereocenters. The predicted molar refractivity (Wildman–Crippen MR) is 115 cm³/mol. The number of hydrogen-bond donors (Lipinski definition) is 1. The zero-order chi connectivity index (χ0) is 21.3. The Hall–Kier alpha value is -3.55. The van der Waals surface area contributed by atoms with Crippen molar-refractivity contribution in [2.24, 2.45) is 13.0 Å². The number of imidazole rings is 1. The van der Waals surface area contributed by atoms with Gasteiger partial charge in [0.25, 0.3) is 5.56 Å². The van der Waals surface area contributed by atoms with E-state index in [0.717, 1.165) is 28.0 Å². The molecule has 0 aliphatic heterocycles. The summed E-state index contributed by atoms with van der Waals surface area (Å²) in [6.07, 6.45) is 0.723. The maximum Gasteiger partial charge on any atom is 0.278 e. The lowest BCUT2D eigenvalue weighted by Gasteiger charge is -2.20. The van der Waals surface area contributed by atoms with Crippen LogP contribution in [0.2, 0.25) is 0 Å². The molecule has 0 saturated carbocycles. The Morgan fingerprint density at radius 3 is 2.50 bits per heavy atom. The number of aryl methyl sites for hydroxylation is 1. The molecule has 2 aromatic carbocycles. The SMILES string of the molecule is CC(C)C[C@H](NC(=O)Cn1nnc2ccccc2c1=O)c1nc2ccccc2n1C. The Morgan fingerprint density at radius 2 is 1.77 bits per heavy atom. The molecule has 1 N–H and O–H groups in total. The van der Waals surface area contributed by atoms with E-state index in [1.54, 1.807) is 24.3 Å². The van der Waals surface area contributed by atoms with Crippen molar-refractivity contribution in [1.29, 1.82) is 0 Å². The monoisotopic (exact) mass is 404 g/mol. The summed E-state index contributed by atoms with van der Waals surface area (Å²) >= 11 is 0. The van der Waals surface area contributed by atoms with Crippen LogP contribution in [0.3, 0.4) is 0 Å². The van der Waals surface area contributed by atoms with Gasteiger partial charge >= 0.3 is 0 Å². The summed E-state index contributed by atoms with van der Waals surface area (Å²) in [7, 11) is 1.95. The number of hydrogen-bond acceptors (Lipinski definition) is 5. The number of aromatic nitrogens is 5. The minimum atomic E-state index is -0.334. The van der Waals surface area contributed by atoms with E-state index in [4.69, 9.17) is 4.98 Å². The zero-order valence-electron chi connectivity index (χ0n) is 17.2. The van der Waals surface area contributed by atoms with Crippen LogP contribution >= 0.6 is 0 Å². The highest BCUT2D eigenvalue weighted by atomic mass is 16.2. The van der Waals surface area contributed by atoms with Gasteiger partial charge in [-0.15, -0.1) is 5.10 Å². The first-order valence-corrected chi connectivity index (χ1v) is 9.97. The maximum absolute atomic E-state index is 12.8. The first-order valence-electron chi connectivity index (χ1n) is 9.97. The summed E-state index contributed by atoms with van der Waals surface area (Å²) in [5.74, 6) is 0.827. The van der Waals surface area contributed by atoms with Crippen molar-refractivity contribution in [3.05, 3.63) is 64.7 Å². The Kier molecular flexibility index (Phi) is 5.31. The fourth-order valence-corrected chi connectivity index (χ4v) is 3.68. The van der Waals surface area contributed by atoms with E-state index in [1.807, 2.05) is 35.9 Å². The van der Waals surface area contributed by atoms with Gasteiger partial charge in [-0.05, 0) is 36.6 Å². The zero-order valence-corrected chi connectivity index (χ0v) is 17.2. The average Bonchev–Trinajstić information content (AvgIpc) is 3.06. The van der Waals surface area contributed by atoms with E-state index in [9.17, 15) is 9.59 Å². The Bertz CT molecular complexity index is 1270. The van der Waals surface area contributed by atoms with Gasteiger partial charge in [-0.2, -0.15) is 0 Å². The molecule has 4 rings (SSSR count). The van der Waals surface area contributed by atoms with Crippen LogP contribution in [0, 0.1) is 5.92 Å². The highest BCUT2D eigenvalue weighted by Gasteiger charge is 2.22. The predicted octanol–water partition coefficient (Wildman–Crippen LogP) is 2.58. The van der Waals surface area contributed by atoms with Crippen LogP contribution in [0.1, 0.15) is 32.1 Å². The Balaban J connectivity index is 1.60. The number of benzene rings is 2. The van der Waals surface area contributed by atoms with Crippen molar-refractivity contribution >= 4 is 27.8 Å². The van der Waals surface area contributed by atoms with Crippen molar-refractivity contribution in [2.75, 3.05) is 0 Å². The average molecular weight is 404 g/mol. The highest BCUT2D eigenvalue weighted by Crippen LogP contribution is 2.24. The molecule has 30 heavy (non-hydrogen) atoms. The summed E-state index contributed by atoms with van der Waals surface area (Å²) < 4.78 is 3.10. The second-order valence-electron chi connectivity index (χ2n) is 7.84. The molecule has 2 aromatic heterocycles. The third-order valence-electron chi connectivity index (χ3n) is 5.10. The Labute approximate surface area is 173 Å². The van der Waals surface area contributed by atoms with Crippen molar-refractivity contribution in [1.82, 2.24) is 29.9 Å². The van der Waals surface area contributed by atoms with Crippen LogP contribution < -0.4 is 10.9 Å². The van der Waals surface area contributed by atoms with E-state index in [1.165, 1.54) is 0 Å². The van der Waals surface area contributed by atoms with E-state index in [-0.39, 0.29) is 24.1 Å². The third kappa shape index (κ3) is 3.80. The van der Waals surface area contributed by atoms with Gasteiger partial charge in [0.05, 0.1) is 22.5 Å². The molecule has 0 unspecified atom stereocenters. The number of amides is 1. The van der Waals surface area contributed by atoms with Crippen LogP contribution in [0.5, 0.6) is 0 Å². The van der Waals surface area contributed by atoms with Gasteiger partial charge in [0.2, 0.25) is 5.91 Å². The lowest BCUT2D eigenvalue weighted by Crippen LogP contribution is -2.37. The first-order chi connectivity index (χ1) is 14.4. The second-order valence-corrected chi connectivity index (χ2v) is 7.84. The van der Waals surface area contributed by atoms with E-state index >= 15 is 0 Å². The molecule has 0 bridgehead atoms. The van der Waals surface area contributed by atoms with Crippen LogP contribution in [0.25, 0.3) is 21.9 Å². The van der Waals surface area contributed by atoms with E-state index in [0.29, 0.717) is 16.8 Å². The molecule has 8 nitrogen and oxygen atoms in total. The summed E-state index contributed by atoms with van der Waals surface area (Å²) in [4.78, 5) is 30.2. The number of para-hydroxylation sites is 2. The van der Waals surface area contributed by atoms with Crippen molar-refractivity contribution in [3.8, 4) is 0 Å². The van der Waals surface area contributed by atoms with Crippen LogP contribution in [0.4, 0.5) is 0 Å². The summed E-state index contributed by atoms with van der Waals surface area (Å²) in [6, 6.07) is 14.6. The van der Waals surface area contributed by atoms with Crippen LogP contribution in [0.15, 0.2) is 53.3 Å². The number of carbonyl (C=O) groups excluding carboxylic acids is 1. The minimum absolute atomic E-state index is 0.199. The normalized spacial score (nSPS) is 12.5. The summed E-state index contributed by atoms with van der Waals surface area (Å²) in [5.41, 5.74) is 2.07. The molecular weight excluding hydrogens is 380 g/mol. The first kappa shape index (κ1) is 19.8. The van der Waals surface area contributed by atoms with Crippen molar-refractivity contribution in [2.45, 2.75) is 32.9 Å². The molecule has 4 aromatic rings. The maximum atomic E-state index is 12.8. The standard InChI is InChI=1S/C22H24N6O2/c1-14(2)12-18(21-24-17-10-6-7-11-19(17)27(21)3)23-20(29)13-28-22(30)15-8-4-5-9-16(15)25-26-28/h4-11,14,18H,12-13H2,1-3H3,(H,23,29)/t18-/m0/s1. The van der Waals surface area contributed by atoms with E-state index in [2.05, 4.69) is 29.5 Å². The molecule has 0 aliphatic carbocycles. The molecule has 0 spiro atoms. The molecule has 0 aliphatic rings. The van der Waals surface area contributed by atoms with Crippen molar-refractivity contribution < 1.29 is 4.79 Å². The van der Waals surface area contributed by atoms with E-state index < -0.39 is 0 Å². The van der Waals surface area contributed by atoms with Gasteiger partial charge in [0.15, 0.2) is 0 Å². The molecule has 8 heteroatoms. The molecule has 154 valence electrons. The summed E-state index contributed by atoms with van der Waals surface area (Å²) in [6.45, 7) is 4.00. The molecule has 0 saturated heterocycles. The molecule has 1 amide bonds. The number of rotatable bonds is 6. The topological polar surface area (TPSA) is 94.7 Å². The van der Waals surface area contributed by atoms with Gasteiger partial charge in [0, 0.05) is 7.05 Å². The number of fused-ring (bicyclic) bond motifs is 2. The lowest BCUT2D eigenvalue weighted by atomic mass is 10.0. The van der Waals surface area contributed by atoms with Crippen LogP contribution in [-0.4, -0.2) is 30.5 Å². The minimum Gasteiger partial charge on any atom is -0.345 e. The quantitative estimate of drug-likeness (QED) is 0.533. The molecule has 0 radical (unpaired) electrons. The Morgan fingerprint density at radius 1 is 1.07 bits per heavy atom. The number of nitrogens with zero attached hydrogens (tertiary/aromatic N) is 5. The van der Waals surface area contributed by atoms with Gasteiger partial charge in [-0.25, -0.2) is 9.67 Å². The highest BCUT2D eigenvalue weighted by molar-refractivity contribution is 5.79. The van der Waals surface area contributed by atoms with Gasteiger partial charge in [0.1, 0.15) is 17.9 Å². The molecule has 2 heterocycles.